The first-order chi connectivity index (χ1) is 6.33. The first-order valence-corrected chi connectivity index (χ1v) is 3.87. The summed E-state index contributed by atoms with van der Waals surface area (Å²) in [6.45, 7) is 0. The van der Waals surface area contributed by atoms with E-state index >= 15 is 0 Å². The zero-order chi connectivity index (χ0) is 9.26. The van der Waals surface area contributed by atoms with Crippen LogP contribution in [0.3, 0.4) is 0 Å². The maximum Gasteiger partial charge on any atom is 0.152 e. The molecule has 72 valence electrons. The summed E-state index contributed by atoms with van der Waals surface area (Å²) in [5.74, 6) is -0.0481. The number of rotatable bonds is 1. The van der Waals surface area contributed by atoms with E-state index in [0.717, 1.165) is 5.39 Å². The predicted octanol–water partition coefficient (Wildman–Crippen LogP) is 2.94. The maximum atomic E-state index is 10.3. The van der Waals surface area contributed by atoms with Crippen LogP contribution in [0.25, 0.3) is 10.8 Å². The number of phenolic OH excluding ortho intramolecular Hbond substituents is 1. The molecule has 0 radical (unpaired) electrons. The summed E-state index contributed by atoms with van der Waals surface area (Å²) in [6.07, 6.45) is 0. The number of hydrogen-bond acceptors (Lipinski definition) is 3. The van der Waals surface area contributed by atoms with Gasteiger partial charge in [-0.05, 0) is 16.6 Å². The van der Waals surface area contributed by atoms with Crippen molar-refractivity contribution >= 4 is 16.5 Å². The van der Waals surface area contributed by atoms with E-state index in [-0.39, 0.29) is 28.5 Å². The van der Waals surface area contributed by atoms with Crippen molar-refractivity contribution in [3.63, 3.8) is 0 Å². The average Bonchev–Trinajstić information content (AvgIpc) is 2.19. The summed E-state index contributed by atoms with van der Waals surface area (Å²) in [7, 11) is 0. The molecule has 0 fully saturated rings. The summed E-state index contributed by atoms with van der Waals surface area (Å²) in [4.78, 5) is 10.3. The molecule has 3 nitrogen and oxygen atoms in total. The molecule has 0 aliphatic heterocycles. The largest absolute Gasteiger partial charge is 0.505 e. The number of aromatic hydroxyl groups is 1. The normalized spacial score (nSPS) is 9.43. The van der Waals surface area contributed by atoms with Crippen LogP contribution >= 0.6 is 0 Å². The van der Waals surface area contributed by atoms with Crippen LogP contribution < -0.4 is 0 Å². The fourth-order valence-corrected chi connectivity index (χ4v) is 1.32. The second-order valence-corrected chi connectivity index (χ2v) is 2.75. The molecule has 0 atom stereocenters. The molecule has 0 amide bonds. The van der Waals surface area contributed by atoms with Gasteiger partial charge in [-0.25, -0.2) is 0 Å². The van der Waals surface area contributed by atoms with Gasteiger partial charge in [-0.2, -0.15) is 0 Å². The van der Waals surface area contributed by atoms with Crippen LogP contribution in [0.4, 0.5) is 5.69 Å². The number of fused-ring (bicyclic) bond motifs is 1. The van der Waals surface area contributed by atoms with E-state index in [1.807, 2.05) is 12.1 Å². The van der Waals surface area contributed by atoms with Gasteiger partial charge in [0.1, 0.15) is 5.69 Å². The van der Waals surface area contributed by atoms with Gasteiger partial charge in [-0.15, -0.1) is 4.91 Å². The van der Waals surface area contributed by atoms with Crippen molar-refractivity contribution in [1.29, 1.82) is 0 Å². The molecular weight excluding hydrogens is 222 g/mol. The number of nitrogens with zero attached hydrogens (tertiary/aromatic N) is 1. The van der Waals surface area contributed by atoms with E-state index in [2.05, 4.69) is 5.18 Å². The third-order valence-corrected chi connectivity index (χ3v) is 1.98. The van der Waals surface area contributed by atoms with E-state index in [4.69, 9.17) is 0 Å². The zero-order valence-corrected chi connectivity index (χ0v) is 8.22. The third kappa shape index (κ3) is 1.62. The quantitative estimate of drug-likeness (QED) is 0.603. The molecule has 2 rings (SSSR count). The first kappa shape index (κ1) is 10.7. The zero-order valence-electron chi connectivity index (χ0n) is 7.12. The standard InChI is InChI=1S/C10H7NO2.Fe/c12-10-8-4-2-1-3-7(8)5-6-9(10)11-13;/h1-6,12H;. The Balaban J connectivity index is 0.000000980. The Morgan fingerprint density at radius 3 is 2.50 bits per heavy atom. The van der Waals surface area contributed by atoms with Gasteiger partial charge < -0.3 is 5.11 Å². The van der Waals surface area contributed by atoms with Crippen LogP contribution in [-0.4, -0.2) is 5.11 Å². The smallest absolute Gasteiger partial charge is 0.152 e. The van der Waals surface area contributed by atoms with Crippen LogP contribution in [0.2, 0.25) is 0 Å². The molecule has 0 aliphatic rings. The molecule has 0 saturated heterocycles. The Morgan fingerprint density at radius 1 is 1.07 bits per heavy atom. The van der Waals surface area contributed by atoms with Crippen LogP contribution in [0.1, 0.15) is 0 Å². The van der Waals surface area contributed by atoms with Gasteiger partial charge >= 0.3 is 0 Å². The molecule has 14 heavy (non-hydrogen) atoms. The monoisotopic (exact) mass is 229 g/mol. The van der Waals surface area contributed by atoms with Crippen LogP contribution in [0.5, 0.6) is 5.75 Å². The molecule has 4 heteroatoms. The van der Waals surface area contributed by atoms with Crippen molar-refractivity contribution in [2.24, 2.45) is 5.18 Å². The summed E-state index contributed by atoms with van der Waals surface area (Å²) in [5.41, 5.74) is 0.0821. The summed E-state index contributed by atoms with van der Waals surface area (Å²) < 4.78 is 0. The van der Waals surface area contributed by atoms with Gasteiger partial charge in [0.15, 0.2) is 5.75 Å². The fraction of sp³-hybridized carbons (Fsp3) is 0. The summed E-state index contributed by atoms with van der Waals surface area (Å²) >= 11 is 0. The SMILES string of the molecule is O=Nc1ccc2ccccc2c1O.[Fe]. The predicted molar refractivity (Wildman–Crippen MR) is 51.1 cm³/mol. The Morgan fingerprint density at radius 2 is 1.79 bits per heavy atom. The minimum atomic E-state index is -0.0481. The van der Waals surface area contributed by atoms with Crippen molar-refractivity contribution < 1.29 is 22.2 Å². The minimum absolute atomic E-state index is 0. The van der Waals surface area contributed by atoms with Gasteiger partial charge in [0.25, 0.3) is 0 Å². The number of benzene rings is 2. The summed E-state index contributed by atoms with van der Waals surface area (Å²) in [6, 6.07) is 10.5. The van der Waals surface area contributed by atoms with Crippen LogP contribution in [0.15, 0.2) is 41.6 Å². The molecule has 1 N–H and O–H groups in total. The van der Waals surface area contributed by atoms with Gasteiger partial charge in [0, 0.05) is 22.5 Å². The Kier molecular flexibility index (Phi) is 3.23. The molecular formula is C10H7FeNO2. The molecule has 2 aromatic carbocycles. The molecule has 0 bridgehead atoms. The molecule has 0 unspecified atom stereocenters. The molecule has 0 saturated carbocycles. The second-order valence-electron chi connectivity index (χ2n) is 2.75. The first-order valence-electron chi connectivity index (χ1n) is 3.87. The van der Waals surface area contributed by atoms with E-state index in [9.17, 15) is 10.0 Å². The van der Waals surface area contributed by atoms with Crippen molar-refractivity contribution in [3.8, 4) is 5.75 Å². The van der Waals surface area contributed by atoms with Gasteiger partial charge in [-0.1, -0.05) is 30.3 Å². The topological polar surface area (TPSA) is 49.7 Å². The van der Waals surface area contributed by atoms with Gasteiger partial charge in [-0.3, -0.25) is 0 Å². The summed E-state index contributed by atoms with van der Waals surface area (Å²) in [5, 5.41) is 13.8. The molecule has 0 heterocycles. The fourth-order valence-electron chi connectivity index (χ4n) is 1.32. The second kappa shape index (κ2) is 4.22. The minimum Gasteiger partial charge on any atom is -0.505 e. The number of nitroso groups, excluding NO2 is 1. The Labute approximate surface area is 91.2 Å². The van der Waals surface area contributed by atoms with E-state index in [1.54, 1.807) is 18.2 Å². The van der Waals surface area contributed by atoms with Crippen molar-refractivity contribution in [2.75, 3.05) is 0 Å². The third-order valence-electron chi connectivity index (χ3n) is 1.98. The number of hydrogen-bond donors (Lipinski definition) is 1. The van der Waals surface area contributed by atoms with Crippen molar-refractivity contribution in [3.05, 3.63) is 41.3 Å². The van der Waals surface area contributed by atoms with Gasteiger partial charge in [0.2, 0.25) is 0 Å². The van der Waals surface area contributed by atoms with Crippen LogP contribution in [-0.2, 0) is 17.1 Å². The van der Waals surface area contributed by atoms with Crippen molar-refractivity contribution in [2.45, 2.75) is 0 Å². The van der Waals surface area contributed by atoms with E-state index < -0.39 is 0 Å². The molecule has 0 spiro atoms. The molecule has 0 aliphatic carbocycles. The van der Waals surface area contributed by atoms with Crippen LogP contribution in [0, 0.1) is 4.91 Å². The maximum absolute atomic E-state index is 10.3. The van der Waals surface area contributed by atoms with E-state index in [1.165, 1.54) is 6.07 Å². The van der Waals surface area contributed by atoms with Crippen molar-refractivity contribution in [1.82, 2.24) is 0 Å². The molecule has 2 aromatic rings. The Hall–Kier alpha value is -1.38. The average molecular weight is 229 g/mol. The van der Waals surface area contributed by atoms with E-state index in [0.29, 0.717) is 5.39 Å². The Bertz CT molecular complexity index is 471. The number of phenols is 1. The van der Waals surface area contributed by atoms with Gasteiger partial charge in [0.05, 0.1) is 0 Å². The molecule has 0 aromatic heterocycles.